The average molecular weight is 474 g/mol. The van der Waals surface area contributed by atoms with Crippen LogP contribution in [0.25, 0.3) is 33.1 Å². The molecule has 4 aromatic heterocycles. The SMILES string of the molecule is CNc1cc(F)cc2c1[nH]c1nc(Oc3cnc4c(c3)ncn4C)nc(N3C[C@H]4C[C@@H](N)[C@@H]3C4)c12. The number of nitrogens with zero attached hydrogens (tertiary/aromatic N) is 6. The number of anilines is 2. The Morgan fingerprint density at radius 3 is 2.89 bits per heavy atom. The van der Waals surface area contributed by atoms with Crippen LogP contribution in [0.1, 0.15) is 12.8 Å². The second kappa shape index (κ2) is 7.25. The third kappa shape index (κ3) is 3.04. The first-order chi connectivity index (χ1) is 17.0. The van der Waals surface area contributed by atoms with E-state index in [4.69, 9.17) is 15.5 Å². The molecule has 5 aromatic rings. The van der Waals surface area contributed by atoms with Crippen LogP contribution >= 0.6 is 0 Å². The number of imidazole rings is 1. The van der Waals surface area contributed by atoms with E-state index in [1.54, 1.807) is 19.6 Å². The summed E-state index contributed by atoms with van der Waals surface area (Å²) in [5, 5.41) is 4.55. The number of benzene rings is 1. The number of piperidine rings is 1. The molecule has 1 aromatic carbocycles. The van der Waals surface area contributed by atoms with Crippen LogP contribution in [0.15, 0.2) is 30.7 Å². The lowest BCUT2D eigenvalue weighted by Crippen LogP contribution is -2.46. The third-order valence-electron chi connectivity index (χ3n) is 7.29. The molecule has 4 N–H and O–H groups in total. The summed E-state index contributed by atoms with van der Waals surface area (Å²) < 4.78 is 22.5. The van der Waals surface area contributed by atoms with Crippen molar-refractivity contribution in [3.05, 3.63) is 36.5 Å². The Kier molecular flexibility index (Phi) is 4.23. The van der Waals surface area contributed by atoms with E-state index in [0.717, 1.165) is 41.3 Å². The van der Waals surface area contributed by atoms with Gasteiger partial charge in [0.1, 0.15) is 22.8 Å². The highest BCUT2D eigenvalue weighted by molar-refractivity contribution is 6.14. The lowest BCUT2D eigenvalue weighted by atomic mass is 10.1. The highest BCUT2D eigenvalue weighted by Gasteiger charge is 2.44. The maximum absolute atomic E-state index is 14.5. The number of hydrogen-bond donors (Lipinski definition) is 3. The van der Waals surface area contributed by atoms with Crippen molar-refractivity contribution in [1.82, 2.24) is 29.5 Å². The number of aryl methyl sites for hydroxylation is 1. The highest BCUT2D eigenvalue weighted by Crippen LogP contribution is 2.44. The molecule has 0 unspecified atom stereocenters. The second-order valence-electron chi connectivity index (χ2n) is 9.50. The zero-order valence-electron chi connectivity index (χ0n) is 19.3. The largest absolute Gasteiger partial charge is 0.422 e. The standard InChI is InChI=1S/C24H24FN9O/c1-27-16-6-12(25)5-14-19-21(30-20(14)16)31-24(32-23(19)34-9-11-3-15(26)18(34)4-11)35-13-7-17-22(28-8-13)33(2)10-29-17/h5-8,10-11,15,18,27H,3-4,9,26H2,1-2H3,(H,30,31,32)/t11-,15+,18-/m0/s1. The lowest BCUT2D eigenvalue weighted by molar-refractivity contribution is 0.439. The highest BCUT2D eigenvalue weighted by atomic mass is 19.1. The maximum atomic E-state index is 14.5. The smallest absolute Gasteiger partial charge is 0.326 e. The van der Waals surface area contributed by atoms with Crippen molar-refractivity contribution in [2.24, 2.45) is 18.7 Å². The molecule has 10 nitrogen and oxygen atoms in total. The van der Waals surface area contributed by atoms with Crippen LogP contribution in [0.2, 0.25) is 0 Å². The first-order valence-corrected chi connectivity index (χ1v) is 11.7. The number of ether oxygens (including phenoxy) is 1. The van der Waals surface area contributed by atoms with Gasteiger partial charge in [-0.3, -0.25) is 0 Å². The molecular formula is C24H24FN9O. The van der Waals surface area contributed by atoms with Gasteiger partial charge in [0.05, 0.1) is 29.1 Å². The van der Waals surface area contributed by atoms with E-state index in [1.165, 1.54) is 12.1 Å². The van der Waals surface area contributed by atoms with Gasteiger partial charge in [0.25, 0.3) is 0 Å². The number of nitrogens with two attached hydrogens (primary N) is 1. The minimum absolute atomic E-state index is 0.0775. The number of fused-ring (bicyclic) bond motifs is 6. The van der Waals surface area contributed by atoms with Gasteiger partial charge >= 0.3 is 6.01 Å². The summed E-state index contributed by atoms with van der Waals surface area (Å²) in [7, 11) is 3.65. The molecule has 5 heterocycles. The van der Waals surface area contributed by atoms with Gasteiger partial charge in [-0.2, -0.15) is 9.97 Å². The molecular weight excluding hydrogens is 449 g/mol. The Balaban J connectivity index is 1.41. The van der Waals surface area contributed by atoms with Gasteiger partial charge in [-0.1, -0.05) is 0 Å². The quantitative estimate of drug-likeness (QED) is 0.363. The van der Waals surface area contributed by atoms with Gasteiger partial charge in [0, 0.05) is 44.2 Å². The molecule has 0 spiro atoms. The van der Waals surface area contributed by atoms with E-state index in [1.807, 2.05) is 17.7 Å². The molecule has 2 bridgehead atoms. The van der Waals surface area contributed by atoms with Crippen LogP contribution in [0, 0.1) is 11.7 Å². The van der Waals surface area contributed by atoms with Crippen molar-refractivity contribution in [3.8, 4) is 11.8 Å². The summed E-state index contributed by atoms with van der Waals surface area (Å²) in [5.41, 5.74) is 9.92. The number of hydrogen-bond acceptors (Lipinski definition) is 8. The van der Waals surface area contributed by atoms with Crippen molar-refractivity contribution in [3.63, 3.8) is 0 Å². The monoisotopic (exact) mass is 473 g/mol. The van der Waals surface area contributed by atoms with Gasteiger partial charge in [-0.05, 0) is 30.9 Å². The van der Waals surface area contributed by atoms with E-state index in [0.29, 0.717) is 34.3 Å². The Bertz CT molecular complexity index is 1630. The average Bonchev–Trinajstić information content (AvgIpc) is 3.60. The van der Waals surface area contributed by atoms with Gasteiger partial charge in [0.2, 0.25) is 0 Å². The molecule has 2 aliphatic rings. The van der Waals surface area contributed by atoms with E-state index in [2.05, 4.69) is 30.2 Å². The molecule has 178 valence electrons. The van der Waals surface area contributed by atoms with Gasteiger partial charge < -0.3 is 30.2 Å². The summed E-state index contributed by atoms with van der Waals surface area (Å²) >= 11 is 0. The molecule has 11 heteroatoms. The molecule has 1 aliphatic carbocycles. The minimum Gasteiger partial charge on any atom is -0.422 e. The number of aromatic amines is 1. The van der Waals surface area contributed by atoms with Crippen LogP contribution in [0.3, 0.4) is 0 Å². The van der Waals surface area contributed by atoms with Crippen molar-refractivity contribution in [1.29, 1.82) is 0 Å². The van der Waals surface area contributed by atoms with Crippen molar-refractivity contribution >= 4 is 44.6 Å². The molecule has 0 amide bonds. The van der Waals surface area contributed by atoms with Crippen LogP contribution in [0.5, 0.6) is 11.8 Å². The summed E-state index contributed by atoms with van der Waals surface area (Å²) in [6.07, 6.45) is 5.38. The summed E-state index contributed by atoms with van der Waals surface area (Å²) in [4.78, 5) is 23.9. The molecule has 35 heavy (non-hydrogen) atoms. The van der Waals surface area contributed by atoms with Crippen LogP contribution in [0.4, 0.5) is 15.9 Å². The van der Waals surface area contributed by atoms with Crippen molar-refractivity contribution in [2.45, 2.75) is 24.9 Å². The zero-order chi connectivity index (χ0) is 23.8. The van der Waals surface area contributed by atoms with E-state index in [-0.39, 0.29) is 23.9 Å². The fourth-order valence-corrected chi connectivity index (χ4v) is 5.75. The number of halogens is 1. The normalized spacial score (nSPS) is 21.6. The molecule has 0 radical (unpaired) electrons. The van der Waals surface area contributed by atoms with Crippen molar-refractivity contribution in [2.75, 3.05) is 23.8 Å². The summed E-state index contributed by atoms with van der Waals surface area (Å²) in [6, 6.07) is 5.23. The van der Waals surface area contributed by atoms with E-state index in [9.17, 15) is 4.39 Å². The Morgan fingerprint density at radius 2 is 2.09 bits per heavy atom. The molecule has 7 rings (SSSR count). The Labute approximate surface area is 199 Å². The summed E-state index contributed by atoms with van der Waals surface area (Å²) in [6.45, 7) is 0.853. The first-order valence-electron chi connectivity index (χ1n) is 11.7. The second-order valence-corrected chi connectivity index (χ2v) is 9.50. The van der Waals surface area contributed by atoms with Crippen LogP contribution in [-0.2, 0) is 7.05 Å². The van der Waals surface area contributed by atoms with Gasteiger partial charge in [-0.15, -0.1) is 0 Å². The predicted molar refractivity (Wildman–Crippen MR) is 131 cm³/mol. The number of nitrogens with one attached hydrogen (secondary N) is 2. The predicted octanol–water partition coefficient (Wildman–Crippen LogP) is 3.29. The Morgan fingerprint density at radius 1 is 1.20 bits per heavy atom. The van der Waals surface area contributed by atoms with Gasteiger partial charge in [-0.25, -0.2) is 14.4 Å². The minimum atomic E-state index is -0.330. The number of aromatic nitrogens is 6. The maximum Gasteiger partial charge on any atom is 0.326 e. The first kappa shape index (κ1) is 20.4. The number of H-pyrrole nitrogens is 1. The Hall–Kier alpha value is -3.99. The van der Waals surface area contributed by atoms with Gasteiger partial charge in [0.15, 0.2) is 11.4 Å². The molecule has 1 aliphatic heterocycles. The lowest BCUT2D eigenvalue weighted by Gasteiger charge is -2.32. The number of rotatable bonds is 4. The van der Waals surface area contributed by atoms with E-state index < -0.39 is 0 Å². The summed E-state index contributed by atoms with van der Waals surface area (Å²) in [5.74, 6) is 1.39. The zero-order valence-corrected chi connectivity index (χ0v) is 19.3. The molecule has 1 saturated heterocycles. The van der Waals surface area contributed by atoms with Crippen molar-refractivity contribution < 1.29 is 9.13 Å². The molecule has 2 fully saturated rings. The van der Waals surface area contributed by atoms with Crippen LogP contribution in [-0.4, -0.2) is 55.2 Å². The topological polar surface area (TPSA) is 123 Å². The van der Waals surface area contributed by atoms with E-state index >= 15 is 0 Å². The third-order valence-corrected chi connectivity index (χ3v) is 7.29. The fourth-order valence-electron chi connectivity index (χ4n) is 5.75. The fraction of sp³-hybridized carbons (Fsp3) is 0.333. The number of pyridine rings is 1. The molecule has 3 atom stereocenters. The molecule has 1 saturated carbocycles. The van der Waals surface area contributed by atoms with Crippen LogP contribution < -0.4 is 20.7 Å².